The van der Waals surface area contributed by atoms with Gasteiger partial charge in [-0.2, -0.15) is 0 Å². The van der Waals surface area contributed by atoms with Crippen molar-refractivity contribution in [1.82, 2.24) is 0 Å². The molecule has 0 bridgehead atoms. The summed E-state index contributed by atoms with van der Waals surface area (Å²) in [4.78, 5) is 0. The second-order valence-corrected chi connectivity index (χ2v) is 2.70. The molecule has 0 amide bonds. The molecule has 10 heavy (non-hydrogen) atoms. The van der Waals surface area contributed by atoms with Crippen LogP contribution in [0.1, 0.15) is 20.3 Å². The molecule has 54 valence electrons. The van der Waals surface area contributed by atoms with E-state index in [-0.39, 0.29) is 0 Å². The molecule has 0 aromatic rings. The van der Waals surface area contributed by atoms with E-state index >= 15 is 0 Å². The molecule has 1 aliphatic rings. The van der Waals surface area contributed by atoms with E-state index < -0.39 is 0 Å². The zero-order valence-corrected chi connectivity index (χ0v) is 6.67. The molecule has 1 aliphatic carbocycles. The van der Waals surface area contributed by atoms with Crippen LogP contribution in [0.25, 0.3) is 0 Å². The average Bonchev–Trinajstić information content (AvgIpc) is 2.13. The van der Waals surface area contributed by atoms with Crippen molar-refractivity contribution in [2.24, 2.45) is 5.92 Å². The zero-order valence-electron chi connectivity index (χ0n) is 6.67. The Labute approximate surface area is 62.9 Å². The molecule has 0 aromatic carbocycles. The molecule has 0 fully saturated rings. The van der Waals surface area contributed by atoms with Gasteiger partial charge in [0.05, 0.1) is 0 Å². The van der Waals surface area contributed by atoms with Gasteiger partial charge >= 0.3 is 0 Å². The monoisotopic (exact) mass is 134 g/mol. The Morgan fingerprint density at radius 1 is 1.30 bits per heavy atom. The molecule has 0 aliphatic heterocycles. The summed E-state index contributed by atoms with van der Waals surface area (Å²) in [5.41, 5.74) is 1.47. The van der Waals surface area contributed by atoms with Gasteiger partial charge in [0.15, 0.2) is 0 Å². The van der Waals surface area contributed by atoms with E-state index in [2.05, 4.69) is 44.2 Å². The Morgan fingerprint density at radius 3 is 2.80 bits per heavy atom. The summed E-state index contributed by atoms with van der Waals surface area (Å²) in [5.74, 6) is 0.662. The van der Waals surface area contributed by atoms with E-state index in [9.17, 15) is 0 Å². The SMILES string of the molecule is CCC1C=CC=CC=C1C. The molecular formula is C10H14. The summed E-state index contributed by atoms with van der Waals surface area (Å²) < 4.78 is 0. The topological polar surface area (TPSA) is 0 Å². The minimum atomic E-state index is 0.662. The van der Waals surface area contributed by atoms with Crippen LogP contribution in [0.3, 0.4) is 0 Å². The van der Waals surface area contributed by atoms with Crippen molar-refractivity contribution < 1.29 is 0 Å². The van der Waals surface area contributed by atoms with Crippen molar-refractivity contribution in [1.29, 1.82) is 0 Å². The molecule has 1 rings (SSSR count). The zero-order chi connectivity index (χ0) is 7.40. The molecule has 0 heteroatoms. The maximum absolute atomic E-state index is 2.26. The van der Waals surface area contributed by atoms with Crippen LogP contribution in [-0.2, 0) is 0 Å². The van der Waals surface area contributed by atoms with E-state index in [1.54, 1.807) is 0 Å². The van der Waals surface area contributed by atoms with E-state index in [1.807, 2.05) is 0 Å². The molecule has 0 nitrogen and oxygen atoms in total. The van der Waals surface area contributed by atoms with Gasteiger partial charge < -0.3 is 0 Å². The normalized spacial score (nSPS) is 24.2. The smallest absolute Gasteiger partial charge is 0.00224 e. The van der Waals surface area contributed by atoms with Crippen LogP contribution < -0.4 is 0 Å². The molecule has 0 saturated carbocycles. The number of hydrogen-bond acceptors (Lipinski definition) is 0. The van der Waals surface area contributed by atoms with Crippen LogP contribution >= 0.6 is 0 Å². The van der Waals surface area contributed by atoms with Crippen LogP contribution in [0.15, 0.2) is 36.0 Å². The molecular weight excluding hydrogens is 120 g/mol. The highest BCUT2D eigenvalue weighted by molar-refractivity contribution is 5.24. The number of hydrogen-bond donors (Lipinski definition) is 0. The summed E-state index contributed by atoms with van der Waals surface area (Å²) >= 11 is 0. The largest absolute Gasteiger partial charge is 0.0774 e. The third-order valence-electron chi connectivity index (χ3n) is 1.95. The summed E-state index contributed by atoms with van der Waals surface area (Å²) in [6.45, 7) is 4.41. The summed E-state index contributed by atoms with van der Waals surface area (Å²) in [7, 11) is 0. The molecule has 0 heterocycles. The Bertz CT molecular complexity index is 182. The van der Waals surface area contributed by atoms with Crippen LogP contribution in [0, 0.1) is 5.92 Å². The Hall–Kier alpha value is -0.780. The van der Waals surface area contributed by atoms with Gasteiger partial charge in [0, 0.05) is 0 Å². The Morgan fingerprint density at radius 2 is 2.10 bits per heavy atom. The predicted octanol–water partition coefficient (Wildman–Crippen LogP) is 3.08. The van der Waals surface area contributed by atoms with Crippen molar-refractivity contribution in [3.8, 4) is 0 Å². The third kappa shape index (κ3) is 1.60. The van der Waals surface area contributed by atoms with Gasteiger partial charge in [0.2, 0.25) is 0 Å². The second-order valence-electron chi connectivity index (χ2n) is 2.70. The van der Waals surface area contributed by atoms with Crippen molar-refractivity contribution in [2.75, 3.05) is 0 Å². The highest BCUT2D eigenvalue weighted by Crippen LogP contribution is 2.17. The fourth-order valence-corrected chi connectivity index (χ4v) is 1.20. The lowest BCUT2D eigenvalue weighted by Crippen LogP contribution is -1.94. The molecule has 0 N–H and O–H groups in total. The average molecular weight is 134 g/mol. The second kappa shape index (κ2) is 3.40. The van der Waals surface area contributed by atoms with Crippen LogP contribution in [0.4, 0.5) is 0 Å². The first kappa shape index (κ1) is 7.33. The van der Waals surface area contributed by atoms with Crippen LogP contribution in [0.5, 0.6) is 0 Å². The highest BCUT2D eigenvalue weighted by atomic mass is 14.1. The lowest BCUT2D eigenvalue weighted by atomic mass is 9.98. The fraction of sp³-hybridized carbons (Fsp3) is 0.400. The first-order valence-corrected chi connectivity index (χ1v) is 3.86. The van der Waals surface area contributed by atoms with Gasteiger partial charge in [-0.05, 0) is 19.3 Å². The maximum atomic E-state index is 2.26. The third-order valence-corrected chi connectivity index (χ3v) is 1.95. The van der Waals surface area contributed by atoms with Gasteiger partial charge in [-0.15, -0.1) is 0 Å². The highest BCUT2D eigenvalue weighted by Gasteiger charge is 2.02. The van der Waals surface area contributed by atoms with Crippen LogP contribution in [-0.4, -0.2) is 0 Å². The van der Waals surface area contributed by atoms with Gasteiger partial charge in [-0.25, -0.2) is 0 Å². The van der Waals surface area contributed by atoms with Gasteiger partial charge in [-0.3, -0.25) is 0 Å². The standard InChI is InChI=1S/C10H14/c1-3-10-8-6-4-5-7-9(10)2/h4-8,10H,3H2,1-2H3. The van der Waals surface area contributed by atoms with Gasteiger partial charge in [-0.1, -0.05) is 42.9 Å². The van der Waals surface area contributed by atoms with E-state index in [1.165, 1.54) is 12.0 Å². The Kier molecular flexibility index (Phi) is 2.49. The fourth-order valence-electron chi connectivity index (χ4n) is 1.20. The predicted molar refractivity (Wildman–Crippen MR) is 45.8 cm³/mol. The molecule has 0 saturated heterocycles. The Balaban J connectivity index is 2.75. The molecule has 0 aromatic heterocycles. The maximum Gasteiger partial charge on any atom is -0.00224 e. The molecule has 1 atom stereocenters. The number of allylic oxidation sites excluding steroid dienone is 6. The molecule has 0 spiro atoms. The summed E-state index contributed by atoms with van der Waals surface area (Å²) in [6.07, 6.45) is 12.0. The van der Waals surface area contributed by atoms with Crippen molar-refractivity contribution in [2.45, 2.75) is 20.3 Å². The van der Waals surface area contributed by atoms with Crippen molar-refractivity contribution >= 4 is 0 Å². The van der Waals surface area contributed by atoms with E-state index in [4.69, 9.17) is 0 Å². The van der Waals surface area contributed by atoms with Gasteiger partial charge in [0.1, 0.15) is 0 Å². The lowest BCUT2D eigenvalue weighted by molar-refractivity contribution is 0.728. The molecule has 1 unspecified atom stereocenters. The summed E-state index contributed by atoms with van der Waals surface area (Å²) in [6, 6.07) is 0. The van der Waals surface area contributed by atoms with Crippen molar-refractivity contribution in [3.05, 3.63) is 36.0 Å². The van der Waals surface area contributed by atoms with Crippen LogP contribution in [0.2, 0.25) is 0 Å². The lowest BCUT2D eigenvalue weighted by Gasteiger charge is -2.07. The quantitative estimate of drug-likeness (QED) is 0.517. The minimum Gasteiger partial charge on any atom is -0.0774 e. The number of rotatable bonds is 1. The van der Waals surface area contributed by atoms with Gasteiger partial charge in [0.25, 0.3) is 0 Å². The summed E-state index contributed by atoms with van der Waals surface area (Å²) in [5, 5.41) is 0. The first-order valence-electron chi connectivity index (χ1n) is 3.86. The van der Waals surface area contributed by atoms with E-state index in [0.717, 1.165) is 0 Å². The van der Waals surface area contributed by atoms with E-state index in [0.29, 0.717) is 5.92 Å². The first-order chi connectivity index (χ1) is 4.84. The van der Waals surface area contributed by atoms with Crippen molar-refractivity contribution in [3.63, 3.8) is 0 Å². The molecule has 0 radical (unpaired) electrons. The minimum absolute atomic E-state index is 0.662.